The summed E-state index contributed by atoms with van der Waals surface area (Å²) >= 11 is 0. The Bertz CT molecular complexity index is 479. The summed E-state index contributed by atoms with van der Waals surface area (Å²) in [7, 11) is 0. The summed E-state index contributed by atoms with van der Waals surface area (Å²) in [6, 6.07) is 4.22. The van der Waals surface area contributed by atoms with Crippen LogP contribution in [0.1, 0.15) is 26.3 Å². The number of hydrogen-bond acceptors (Lipinski definition) is 3. The lowest BCUT2D eigenvalue weighted by Gasteiger charge is -2.20. The van der Waals surface area contributed by atoms with Crippen LogP contribution in [0.15, 0.2) is 24.3 Å². The van der Waals surface area contributed by atoms with Gasteiger partial charge in [-0.3, -0.25) is 4.79 Å². The maximum Gasteiger partial charge on any atom is 0.416 e. The van der Waals surface area contributed by atoms with Crippen molar-refractivity contribution >= 4 is 5.91 Å². The molecule has 0 saturated carbocycles. The van der Waals surface area contributed by atoms with Crippen molar-refractivity contribution in [3.8, 4) is 5.75 Å². The second-order valence-electron chi connectivity index (χ2n) is 5.84. The van der Waals surface area contributed by atoms with Gasteiger partial charge >= 0.3 is 6.18 Å². The van der Waals surface area contributed by atoms with Crippen LogP contribution in [0.5, 0.6) is 5.75 Å². The van der Waals surface area contributed by atoms with Crippen LogP contribution in [0.4, 0.5) is 13.2 Å². The third-order valence-electron chi connectivity index (χ3n) is 2.65. The predicted octanol–water partition coefficient (Wildman–Crippen LogP) is 2.59. The van der Waals surface area contributed by atoms with Gasteiger partial charge in [0.05, 0.1) is 5.56 Å². The molecule has 2 N–H and O–H groups in total. The van der Waals surface area contributed by atoms with Crippen molar-refractivity contribution in [2.24, 2.45) is 0 Å². The van der Waals surface area contributed by atoms with E-state index in [9.17, 15) is 18.0 Å². The molecule has 4 nitrogen and oxygen atoms in total. The first-order valence-corrected chi connectivity index (χ1v) is 6.90. The van der Waals surface area contributed by atoms with Gasteiger partial charge in [-0.2, -0.15) is 13.2 Å². The first kappa shape index (κ1) is 18.3. The highest BCUT2D eigenvalue weighted by atomic mass is 19.4. The normalized spacial score (nSPS) is 12.1. The monoisotopic (exact) mass is 318 g/mol. The molecule has 0 aliphatic heterocycles. The number of amides is 1. The van der Waals surface area contributed by atoms with Gasteiger partial charge in [0.25, 0.3) is 5.91 Å². The number of alkyl halides is 3. The molecule has 0 saturated heterocycles. The quantitative estimate of drug-likeness (QED) is 0.793. The molecule has 22 heavy (non-hydrogen) atoms. The van der Waals surface area contributed by atoms with E-state index >= 15 is 0 Å². The van der Waals surface area contributed by atoms with Gasteiger partial charge in [-0.15, -0.1) is 0 Å². The number of nitrogens with one attached hydrogen (secondary N) is 2. The van der Waals surface area contributed by atoms with E-state index in [1.165, 1.54) is 12.1 Å². The molecule has 1 aromatic rings. The molecule has 1 rings (SSSR count). The van der Waals surface area contributed by atoms with Gasteiger partial charge in [0, 0.05) is 18.6 Å². The van der Waals surface area contributed by atoms with E-state index in [0.29, 0.717) is 13.1 Å². The van der Waals surface area contributed by atoms with E-state index < -0.39 is 11.7 Å². The number of carbonyl (C=O) groups excluding carboxylic acids is 1. The van der Waals surface area contributed by atoms with Crippen LogP contribution in [-0.2, 0) is 11.0 Å². The molecule has 7 heteroatoms. The zero-order chi connectivity index (χ0) is 16.8. The predicted molar refractivity (Wildman–Crippen MR) is 77.7 cm³/mol. The lowest BCUT2D eigenvalue weighted by Crippen LogP contribution is -2.42. The average molecular weight is 318 g/mol. The molecule has 0 spiro atoms. The van der Waals surface area contributed by atoms with E-state index in [-0.39, 0.29) is 23.8 Å². The molecule has 1 aromatic carbocycles. The van der Waals surface area contributed by atoms with Crippen LogP contribution >= 0.6 is 0 Å². The van der Waals surface area contributed by atoms with Crippen molar-refractivity contribution in [2.45, 2.75) is 32.5 Å². The van der Waals surface area contributed by atoms with Crippen LogP contribution in [0.25, 0.3) is 0 Å². The van der Waals surface area contributed by atoms with Crippen LogP contribution in [0, 0.1) is 0 Å². The molecular weight excluding hydrogens is 297 g/mol. The molecular formula is C15H21F3N2O2. The Morgan fingerprint density at radius 3 is 2.18 bits per heavy atom. The largest absolute Gasteiger partial charge is 0.484 e. The highest BCUT2D eigenvalue weighted by Crippen LogP contribution is 2.30. The molecule has 0 aliphatic rings. The van der Waals surface area contributed by atoms with Crippen molar-refractivity contribution in [1.82, 2.24) is 10.6 Å². The molecule has 0 radical (unpaired) electrons. The van der Waals surface area contributed by atoms with Crippen molar-refractivity contribution < 1.29 is 22.7 Å². The summed E-state index contributed by atoms with van der Waals surface area (Å²) in [4.78, 5) is 11.5. The Balaban J connectivity index is 2.29. The molecule has 0 aliphatic carbocycles. The SMILES string of the molecule is CC(C)(C)NCCNC(=O)COc1ccc(C(F)(F)F)cc1. The number of rotatable bonds is 6. The maximum absolute atomic E-state index is 12.4. The van der Waals surface area contributed by atoms with E-state index in [0.717, 1.165) is 12.1 Å². The van der Waals surface area contributed by atoms with Gasteiger partial charge < -0.3 is 15.4 Å². The molecule has 0 atom stereocenters. The zero-order valence-electron chi connectivity index (χ0n) is 12.9. The minimum atomic E-state index is -4.38. The van der Waals surface area contributed by atoms with E-state index in [1.807, 2.05) is 20.8 Å². The van der Waals surface area contributed by atoms with Crippen molar-refractivity contribution in [1.29, 1.82) is 0 Å². The highest BCUT2D eigenvalue weighted by Gasteiger charge is 2.30. The Hall–Kier alpha value is -1.76. The smallest absolute Gasteiger partial charge is 0.416 e. The van der Waals surface area contributed by atoms with Crippen LogP contribution < -0.4 is 15.4 Å². The number of ether oxygens (including phenoxy) is 1. The van der Waals surface area contributed by atoms with Gasteiger partial charge in [-0.05, 0) is 45.0 Å². The van der Waals surface area contributed by atoms with E-state index in [2.05, 4.69) is 10.6 Å². The third kappa shape index (κ3) is 7.31. The summed E-state index contributed by atoms with van der Waals surface area (Å²) in [5.41, 5.74) is -0.779. The van der Waals surface area contributed by atoms with Gasteiger partial charge in [-0.1, -0.05) is 0 Å². The molecule has 0 aromatic heterocycles. The minimum Gasteiger partial charge on any atom is -0.484 e. The average Bonchev–Trinajstić information content (AvgIpc) is 2.40. The van der Waals surface area contributed by atoms with Crippen molar-refractivity contribution in [3.05, 3.63) is 29.8 Å². The van der Waals surface area contributed by atoms with E-state index in [4.69, 9.17) is 4.74 Å². The standard InChI is InChI=1S/C15H21F3N2O2/c1-14(2,3)20-9-8-19-13(21)10-22-12-6-4-11(5-7-12)15(16,17)18/h4-7,20H,8-10H2,1-3H3,(H,19,21). The van der Waals surface area contributed by atoms with Crippen LogP contribution in [-0.4, -0.2) is 31.1 Å². The van der Waals surface area contributed by atoms with Gasteiger partial charge in [-0.25, -0.2) is 0 Å². The Labute approximate surface area is 128 Å². The second-order valence-corrected chi connectivity index (χ2v) is 5.84. The van der Waals surface area contributed by atoms with Crippen molar-refractivity contribution in [3.63, 3.8) is 0 Å². The minimum absolute atomic E-state index is 0.0263. The first-order chi connectivity index (χ1) is 10.1. The van der Waals surface area contributed by atoms with Crippen LogP contribution in [0.3, 0.4) is 0 Å². The third-order valence-corrected chi connectivity index (χ3v) is 2.65. The zero-order valence-corrected chi connectivity index (χ0v) is 12.9. The Morgan fingerprint density at radius 1 is 1.09 bits per heavy atom. The van der Waals surface area contributed by atoms with Gasteiger partial charge in [0.15, 0.2) is 6.61 Å². The molecule has 0 heterocycles. The van der Waals surface area contributed by atoms with E-state index in [1.54, 1.807) is 0 Å². The number of halogens is 3. The van der Waals surface area contributed by atoms with Gasteiger partial charge in [0.2, 0.25) is 0 Å². The van der Waals surface area contributed by atoms with Crippen LogP contribution in [0.2, 0.25) is 0 Å². The summed E-state index contributed by atoms with van der Waals surface area (Å²) in [5.74, 6) is -0.105. The molecule has 0 bridgehead atoms. The lowest BCUT2D eigenvalue weighted by atomic mass is 10.1. The summed E-state index contributed by atoms with van der Waals surface area (Å²) in [6.45, 7) is 6.89. The highest BCUT2D eigenvalue weighted by molar-refractivity contribution is 5.77. The fourth-order valence-corrected chi connectivity index (χ4v) is 1.58. The van der Waals surface area contributed by atoms with Crippen molar-refractivity contribution in [2.75, 3.05) is 19.7 Å². The Morgan fingerprint density at radius 2 is 1.68 bits per heavy atom. The molecule has 0 unspecified atom stereocenters. The second kappa shape index (κ2) is 7.49. The fraction of sp³-hybridized carbons (Fsp3) is 0.533. The molecule has 1 amide bonds. The number of carbonyl (C=O) groups is 1. The molecule has 0 fully saturated rings. The lowest BCUT2D eigenvalue weighted by molar-refractivity contribution is -0.137. The first-order valence-electron chi connectivity index (χ1n) is 6.90. The molecule has 124 valence electrons. The number of benzene rings is 1. The van der Waals surface area contributed by atoms with Gasteiger partial charge in [0.1, 0.15) is 5.75 Å². The maximum atomic E-state index is 12.4. The fourth-order valence-electron chi connectivity index (χ4n) is 1.58. The summed E-state index contributed by atoms with van der Waals surface area (Å²) < 4.78 is 42.3. The number of hydrogen-bond donors (Lipinski definition) is 2. The summed E-state index contributed by atoms with van der Waals surface area (Å²) in [5, 5.41) is 5.86. The topological polar surface area (TPSA) is 50.4 Å². The summed E-state index contributed by atoms with van der Waals surface area (Å²) in [6.07, 6.45) is -4.38. The Kier molecular flexibility index (Phi) is 6.22.